The van der Waals surface area contributed by atoms with E-state index in [-0.39, 0.29) is 30.5 Å². The Morgan fingerprint density at radius 3 is 2.31 bits per heavy atom. The highest BCUT2D eigenvalue weighted by molar-refractivity contribution is 9.10. The molecule has 6 nitrogen and oxygen atoms in total. The zero-order valence-electron chi connectivity index (χ0n) is 17.3. The van der Waals surface area contributed by atoms with Gasteiger partial charge in [-0.15, -0.1) is 13.2 Å². The number of anilines is 1. The number of carbonyl (C=O) groups excluding carboxylic acids is 1. The molecule has 8 heteroatoms. The summed E-state index contributed by atoms with van der Waals surface area (Å²) >= 11 is 3.53. The summed E-state index contributed by atoms with van der Waals surface area (Å²) < 4.78 is 33.2. The average molecular weight is 515 g/mol. The Morgan fingerprint density at radius 2 is 1.66 bits per heavy atom. The van der Waals surface area contributed by atoms with Crippen molar-refractivity contribution in [2.45, 2.75) is 4.90 Å². The molecule has 0 unspecified atom stereocenters. The molecule has 3 aromatic rings. The number of sulfonamides is 1. The van der Waals surface area contributed by atoms with Crippen LogP contribution in [-0.2, 0) is 14.8 Å². The molecule has 0 aliphatic heterocycles. The quantitative estimate of drug-likeness (QED) is 0.387. The second kappa shape index (κ2) is 10.6. The molecule has 0 heterocycles. The number of rotatable bonds is 10. The van der Waals surface area contributed by atoms with Crippen LogP contribution in [0, 0.1) is 0 Å². The highest BCUT2D eigenvalue weighted by atomic mass is 79.9. The first-order chi connectivity index (χ1) is 15.4. The number of ether oxygens (including phenoxy) is 1. The maximum absolute atomic E-state index is 12.7. The van der Waals surface area contributed by atoms with Gasteiger partial charge in [0.2, 0.25) is 10.0 Å². The zero-order valence-corrected chi connectivity index (χ0v) is 19.7. The van der Waals surface area contributed by atoms with Crippen LogP contribution in [0.25, 0.3) is 10.8 Å². The van der Waals surface area contributed by atoms with E-state index in [9.17, 15) is 13.2 Å². The van der Waals surface area contributed by atoms with E-state index in [1.165, 1.54) is 40.7 Å². The van der Waals surface area contributed by atoms with Crippen LogP contribution < -0.4 is 10.1 Å². The molecular weight excluding hydrogens is 492 g/mol. The molecule has 0 radical (unpaired) electrons. The highest BCUT2D eigenvalue weighted by Crippen LogP contribution is 2.33. The average Bonchev–Trinajstić information content (AvgIpc) is 2.79. The Hall–Kier alpha value is -2.94. The summed E-state index contributed by atoms with van der Waals surface area (Å²) in [6.07, 6.45) is 3.03. The first kappa shape index (κ1) is 23.7. The summed E-state index contributed by atoms with van der Waals surface area (Å²) in [5.74, 6) is 0.199. The third kappa shape index (κ3) is 5.45. The monoisotopic (exact) mass is 514 g/mol. The number of carbonyl (C=O) groups is 1. The van der Waals surface area contributed by atoms with E-state index in [2.05, 4.69) is 34.4 Å². The van der Waals surface area contributed by atoms with E-state index in [0.717, 1.165) is 15.2 Å². The fraction of sp³-hybridized carbons (Fsp3) is 0.125. The van der Waals surface area contributed by atoms with Crippen LogP contribution >= 0.6 is 15.9 Å². The van der Waals surface area contributed by atoms with Crippen LogP contribution in [0.5, 0.6) is 5.75 Å². The van der Waals surface area contributed by atoms with Crippen LogP contribution in [0.1, 0.15) is 0 Å². The van der Waals surface area contributed by atoms with Crippen LogP contribution in [0.4, 0.5) is 5.69 Å². The van der Waals surface area contributed by atoms with Gasteiger partial charge in [0, 0.05) is 18.8 Å². The summed E-state index contributed by atoms with van der Waals surface area (Å²) in [4.78, 5) is 12.4. The molecule has 0 saturated carbocycles. The maximum Gasteiger partial charge on any atom is 0.262 e. The Kier molecular flexibility index (Phi) is 7.84. The van der Waals surface area contributed by atoms with Crippen molar-refractivity contribution in [2.75, 3.05) is 25.0 Å². The van der Waals surface area contributed by atoms with E-state index in [1.54, 1.807) is 6.07 Å². The number of nitrogens with one attached hydrogen (secondary N) is 1. The summed E-state index contributed by atoms with van der Waals surface area (Å²) in [5, 5.41) is 4.76. The van der Waals surface area contributed by atoms with Gasteiger partial charge in [0.15, 0.2) is 6.61 Å². The summed E-state index contributed by atoms with van der Waals surface area (Å²) in [6, 6.07) is 17.5. The van der Waals surface area contributed by atoms with Gasteiger partial charge in [-0.25, -0.2) is 8.42 Å². The molecule has 0 aliphatic rings. The number of hydrogen-bond acceptors (Lipinski definition) is 4. The van der Waals surface area contributed by atoms with Gasteiger partial charge in [-0.2, -0.15) is 4.31 Å². The Morgan fingerprint density at radius 1 is 1.00 bits per heavy atom. The first-order valence-electron chi connectivity index (χ1n) is 9.78. The largest absolute Gasteiger partial charge is 0.483 e. The number of halogens is 1. The van der Waals surface area contributed by atoms with E-state index >= 15 is 0 Å². The molecule has 3 aromatic carbocycles. The number of hydrogen-bond donors (Lipinski definition) is 1. The normalized spacial score (nSPS) is 11.3. The molecule has 0 saturated heterocycles. The molecule has 0 bridgehead atoms. The minimum Gasteiger partial charge on any atom is -0.483 e. The predicted octanol–water partition coefficient (Wildman–Crippen LogP) is 4.98. The van der Waals surface area contributed by atoms with Crippen LogP contribution in [-0.4, -0.2) is 38.3 Å². The SMILES string of the molecule is C=CCN(CC=C)S(=O)(=O)c1ccc(NC(=O)COc2ccc3ccccc3c2Br)cc1. The Balaban J connectivity index is 1.64. The third-order valence-corrected chi connectivity index (χ3v) is 7.29. The fourth-order valence-electron chi connectivity index (χ4n) is 3.08. The van der Waals surface area contributed by atoms with Gasteiger partial charge in [-0.1, -0.05) is 42.5 Å². The van der Waals surface area contributed by atoms with Crippen molar-refractivity contribution in [3.63, 3.8) is 0 Å². The number of fused-ring (bicyclic) bond motifs is 1. The second-order valence-corrected chi connectivity index (χ2v) is 9.59. The smallest absolute Gasteiger partial charge is 0.262 e. The first-order valence-corrected chi connectivity index (χ1v) is 12.0. The molecular formula is C24H23BrN2O4S. The molecule has 0 aromatic heterocycles. The lowest BCUT2D eigenvalue weighted by Crippen LogP contribution is -2.31. The van der Waals surface area contributed by atoms with Gasteiger partial charge >= 0.3 is 0 Å². The number of amides is 1. The number of nitrogens with zero attached hydrogens (tertiary/aromatic N) is 1. The molecule has 166 valence electrons. The van der Waals surface area contributed by atoms with Crippen LogP contribution in [0.15, 0.2) is 95.3 Å². The fourth-order valence-corrected chi connectivity index (χ4v) is 5.07. The minimum absolute atomic E-state index is 0.121. The van der Waals surface area contributed by atoms with E-state index in [4.69, 9.17) is 4.74 Å². The van der Waals surface area contributed by atoms with Crippen molar-refractivity contribution >= 4 is 48.3 Å². The molecule has 32 heavy (non-hydrogen) atoms. The molecule has 1 N–H and O–H groups in total. The Bertz CT molecular complexity index is 1230. The highest BCUT2D eigenvalue weighted by Gasteiger charge is 2.22. The van der Waals surface area contributed by atoms with Gasteiger partial charge < -0.3 is 10.1 Å². The number of benzene rings is 3. The van der Waals surface area contributed by atoms with Gasteiger partial charge in [-0.3, -0.25) is 4.79 Å². The zero-order chi connectivity index (χ0) is 23.1. The lowest BCUT2D eigenvalue weighted by molar-refractivity contribution is -0.118. The van der Waals surface area contributed by atoms with Gasteiger partial charge in [-0.05, 0) is 57.0 Å². The van der Waals surface area contributed by atoms with Gasteiger partial charge in [0.25, 0.3) is 5.91 Å². The van der Waals surface area contributed by atoms with Crippen molar-refractivity contribution in [2.24, 2.45) is 0 Å². The molecule has 3 rings (SSSR count). The van der Waals surface area contributed by atoms with Crippen molar-refractivity contribution in [3.8, 4) is 5.75 Å². The van der Waals surface area contributed by atoms with Crippen molar-refractivity contribution < 1.29 is 17.9 Å². The molecule has 0 aliphatic carbocycles. The minimum atomic E-state index is -3.69. The Labute approximate surface area is 196 Å². The third-order valence-electron chi connectivity index (χ3n) is 4.63. The van der Waals surface area contributed by atoms with Crippen LogP contribution in [0.3, 0.4) is 0 Å². The van der Waals surface area contributed by atoms with Crippen LogP contribution in [0.2, 0.25) is 0 Å². The van der Waals surface area contributed by atoms with Gasteiger partial charge in [0.05, 0.1) is 9.37 Å². The summed E-state index contributed by atoms with van der Waals surface area (Å²) in [5.41, 5.74) is 0.467. The van der Waals surface area contributed by atoms with Crippen molar-refractivity contribution in [3.05, 3.63) is 90.4 Å². The molecule has 0 spiro atoms. The lowest BCUT2D eigenvalue weighted by Gasteiger charge is -2.19. The molecule has 0 atom stereocenters. The van der Waals surface area contributed by atoms with Gasteiger partial charge in [0.1, 0.15) is 5.75 Å². The summed E-state index contributed by atoms with van der Waals surface area (Å²) in [6.45, 7) is 7.35. The molecule has 1 amide bonds. The van der Waals surface area contributed by atoms with Crippen molar-refractivity contribution in [1.82, 2.24) is 4.31 Å². The summed E-state index contributed by atoms with van der Waals surface area (Å²) in [7, 11) is -3.69. The van der Waals surface area contributed by atoms with E-state index < -0.39 is 10.0 Å². The molecule has 0 fully saturated rings. The van der Waals surface area contributed by atoms with E-state index in [1.807, 2.05) is 30.3 Å². The van der Waals surface area contributed by atoms with Crippen molar-refractivity contribution in [1.29, 1.82) is 0 Å². The van der Waals surface area contributed by atoms with E-state index in [0.29, 0.717) is 11.4 Å². The predicted molar refractivity (Wildman–Crippen MR) is 131 cm³/mol. The second-order valence-electron chi connectivity index (χ2n) is 6.86. The lowest BCUT2D eigenvalue weighted by atomic mass is 10.1. The standard InChI is InChI=1S/C24H23BrN2O4S/c1-3-15-27(16-4-2)32(29,30)20-12-10-19(11-13-20)26-23(28)17-31-22-14-9-18-7-5-6-8-21(18)24(22)25/h3-14H,1-2,15-17H2,(H,26,28). The topological polar surface area (TPSA) is 75.7 Å². The maximum atomic E-state index is 12.7.